The minimum absolute atomic E-state index is 0.0180. The van der Waals surface area contributed by atoms with Gasteiger partial charge in [0, 0.05) is 17.4 Å². The predicted molar refractivity (Wildman–Crippen MR) is 70.9 cm³/mol. The molecule has 1 heterocycles. The van der Waals surface area contributed by atoms with Gasteiger partial charge < -0.3 is 10.4 Å². The fourth-order valence-electron chi connectivity index (χ4n) is 1.60. The molecule has 1 aromatic heterocycles. The molecule has 0 saturated carbocycles. The molecule has 19 heavy (non-hydrogen) atoms. The van der Waals surface area contributed by atoms with Crippen molar-refractivity contribution in [3.8, 4) is 0 Å². The molecule has 0 bridgehead atoms. The molecular weight excluding hydrogens is 244 g/mol. The van der Waals surface area contributed by atoms with Crippen LogP contribution in [-0.2, 0) is 0 Å². The molecule has 0 aliphatic heterocycles. The van der Waals surface area contributed by atoms with E-state index >= 15 is 0 Å². The number of pyridine rings is 1. The Morgan fingerprint density at radius 1 is 1.16 bits per heavy atom. The lowest BCUT2D eigenvalue weighted by atomic mass is 10.1. The summed E-state index contributed by atoms with van der Waals surface area (Å²) in [6.45, 7) is 1.49. The van der Waals surface area contributed by atoms with Gasteiger partial charge in [0.2, 0.25) is 0 Å². The van der Waals surface area contributed by atoms with Crippen LogP contribution < -0.4 is 5.32 Å². The highest BCUT2D eigenvalue weighted by atomic mass is 16.4. The van der Waals surface area contributed by atoms with Gasteiger partial charge in [0.25, 0.3) is 0 Å². The first-order valence-corrected chi connectivity index (χ1v) is 5.64. The minimum atomic E-state index is -1.05. The van der Waals surface area contributed by atoms with E-state index in [1.807, 2.05) is 0 Å². The number of carboxylic acids is 1. The topological polar surface area (TPSA) is 79.3 Å². The first-order valence-electron chi connectivity index (χ1n) is 5.64. The van der Waals surface area contributed by atoms with E-state index in [2.05, 4.69) is 10.3 Å². The van der Waals surface area contributed by atoms with Crippen molar-refractivity contribution >= 4 is 23.3 Å². The van der Waals surface area contributed by atoms with Crippen LogP contribution in [0.3, 0.4) is 0 Å². The number of hydrogen-bond acceptors (Lipinski definition) is 4. The zero-order valence-electron chi connectivity index (χ0n) is 10.3. The molecule has 96 valence electrons. The number of aromatic nitrogens is 1. The monoisotopic (exact) mass is 256 g/mol. The number of hydrogen-bond donors (Lipinski definition) is 2. The van der Waals surface area contributed by atoms with Crippen LogP contribution >= 0.6 is 0 Å². The number of nitrogens with one attached hydrogen (secondary N) is 1. The van der Waals surface area contributed by atoms with Gasteiger partial charge in [-0.1, -0.05) is 0 Å². The Balaban J connectivity index is 2.26. The second-order valence-corrected chi connectivity index (χ2v) is 3.96. The normalized spacial score (nSPS) is 9.95. The fourth-order valence-corrected chi connectivity index (χ4v) is 1.60. The van der Waals surface area contributed by atoms with E-state index in [4.69, 9.17) is 5.11 Å². The first-order chi connectivity index (χ1) is 9.08. The third-order valence-electron chi connectivity index (χ3n) is 2.59. The number of aromatic carboxylic acids is 1. The molecule has 0 radical (unpaired) electrons. The van der Waals surface area contributed by atoms with Gasteiger partial charge in [-0.05, 0) is 43.3 Å². The van der Waals surface area contributed by atoms with E-state index in [0.717, 1.165) is 0 Å². The van der Waals surface area contributed by atoms with Crippen molar-refractivity contribution in [2.45, 2.75) is 6.92 Å². The van der Waals surface area contributed by atoms with Gasteiger partial charge in [-0.25, -0.2) is 9.78 Å². The summed E-state index contributed by atoms with van der Waals surface area (Å²) in [6, 6.07) is 9.80. The molecule has 2 N–H and O–H groups in total. The Kier molecular flexibility index (Phi) is 3.56. The maximum Gasteiger partial charge on any atom is 0.339 e. The van der Waals surface area contributed by atoms with Crippen LogP contribution in [0.4, 0.5) is 11.5 Å². The third kappa shape index (κ3) is 2.95. The van der Waals surface area contributed by atoms with Crippen molar-refractivity contribution in [1.82, 2.24) is 4.98 Å². The standard InChI is InChI=1S/C14H12N2O3/c1-9(17)10-4-6-11(7-5-10)16-13-12(14(18)19)3-2-8-15-13/h2-8H,1H3,(H,15,16)(H,18,19). The smallest absolute Gasteiger partial charge is 0.339 e. The number of ketones is 1. The summed E-state index contributed by atoms with van der Waals surface area (Å²) in [4.78, 5) is 26.2. The first kappa shape index (κ1) is 12.8. The molecule has 0 spiro atoms. The Hall–Kier alpha value is -2.69. The van der Waals surface area contributed by atoms with E-state index in [0.29, 0.717) is 11.3 Å². The Morgan fingerprint density at radius 3 is 2.42 bits per heavy atom. The highest BCUT2D eigenvalue weighted by Crippen LogP contribution is 2.19. The SMILES string of the molecule is CC(=O)c1ccc(Nc2ncccc2C(=O)O)cc1. The van der Waals surface area contributed by atoms with E-state index in [-0.39, 0.29) is 17.2 Å². The number of rotatable bonds is 4. The summed E-state index contributed by atoms with van der Waals surface area (Å²) in [7, 11) is 0. The number of Topliss-reactive ketones (excluding diaryl/α,β-unsaturated/α-hetero) is 1. The number of nitrogens with zero attached hydrogens (tertiary/aromatic N) is 1. The molecule has 0 aliphatic carbocycles. The zero-order chi connectivity index (χ0) is 13.8. The molecule has 0 aliphatic rings. The molecule has 0 unspecified atom stereocenters. The van der Waals surface area contributed by atoms with Crippen LogP contribution in [-0.4, -0.2) is 21.8 Å². The highest BCUT2D eigenvalue weighted by Gasteiger charge is 2.10. The number of benzene rings is 1. The molecule has 5 nitrogen and oxygen atoms in total. The Bertz CT molecular complexity index is 621. The molecule has 0 atom stereocenters. The van der Waals surface area contributed by atoms with Gasteiger partial charge in [0.15, 0.2) is 5.78 Å². The minimum Gasteiger partial charge on any atom is -0.478 e. The fraction of sp³-hybridized carbons (Fsp3) is 0.0714. The van der Waals surface area contributed by atoms with Gasteiger partial charge in [-0.2, -0.15) is 0 Å². The van der Waals surface area contributed by atoms with Crippen LogP contribution in [0.15, 0.2) is 42.6 Å². The lowest BCUT2D eigenvalue weighted by Crippen LogP contribution is -2.04. The van der Waals surface area contributed by atoms with Crippen molar-refractivity contribution in [2.75, 3.05) is 5.32 Å². The van der Waals surface area contributed by atoms with Crippen molar-refractivity contribution < 1.29 is 14.7 Å². The lowest BCUT2D eigenvalue weighted by Gasteiger charge is -2.08. The number of carbonyl (C=O) groups is 2. The Morgan fingerprint density at radius 2 is 1.84 bits per heavy atom. The largest absolute Gasteiger partial charge is 0.478 e. The van der Waals surface area contributed by atoms with Gasteiger partial charge in [0.1, 0.15) is 11.4 Å². The Labute approximate surface area is 109 Å². The van der Waals surface area contributed by atoms with Gasteiger partial charge in [-0.3, -0.25) is 4.79 Å². The average molecular weight is 256 g/mol. The quantitative estimate of drug-likeness (QED) is 0.822. The van der Waals surface area contributed by atoms with Crippen molar-refractivity contribution in [3.63, 3.8) is 0 Å². The molecule has 2 rings (SSSR count). The van der Waals surface area contributed by atoms with E-state index in [1.165, 1.54) is 19.2 Å². The second-order valence-electron chi connectivity index (χ2n) is 3.96. The maximum absolute atomic E-state index is 11.1. The van der Waals surface area contributed by atoms with E-state index in [1.54, 1.807) is 30.3 Å². The summed E-state index contributed by atoms with van der Waals surface area (Å²) >= 11 is 0. The van der Waals surface area contributed by atoms with Gasteiger partial charge in [-0.15, -0.1) is 0 Å². The second kappa shape index (κ2) is 5.30. The van der Waals surface area contributed by atoms with Crippen LogP contribution in [0.5, 0.6) is 0 Å². The summed E-state index contributed by atoms with van der Waals surface area (Å²) in [5.74, 6) is -0.794. The summed E-state index contributed by atoms with van der Waals surface area (Å²) in [5.41, 5.74) is 1.37. The van der Waals surface area contributed by atoms with Crippen LogP contribution in [0, 0.1) is 0 Å². The number of carboxylic acid groups (broad SMARTS) is 1. The molecular formula is C14H12N2O3. The van der Waals surface area contributed by atoms with Crippen molar-refractivity contribution in [2.24, 2.45) is 0 Å². The third-order valence-corrected chi connectivity index (χ3v) is 2.59. The lowest BCUT2D eigenvalue weighted by molar-refractivity contribution is 0.0697. The molecule has 0 amide bonds. The average Bonchev–Trinajstić information content (AvgIpc) is 2.39. The van der Waals surface area contributed by atoms with E-state index in [9.17, 15) is 9.59 Å². The predicted octanol–water partition coefficient (Wildman–Crippen LogP) is 2.73. The van der Waals surface area contributed by atoms with Gasteiger partial charge in [0.05, 0.1) is 0 Å². The zero-order valence-corrected chi connectivity index (χ0v) is 10.3. The molecule has 0 saturated heterocycles. The molecule has 5 heteroatoms. The molecule has 0 fully saturated rings. The molecule has 2 aromatic rings. The summed E-state index contributed by atoms with van der Waals surface area (Å²) in [6.07, 6.45) is 1.51. The van der Waals surface area contributed by atoms with Crippen molar-refractivity contribution in [1.29, 1.82) is 0 Å². The molecule has 1 aromatic carbocycles. The maximum atomic E-state index is 11.1. The summed E-state index contributed by atoms with van der Waals surface area (Å²) < 4.78 is 0. The van der Waals surface area contributed by atoms with Crippen LogP contribution in [0.25, 0.3) is 0 Å². The highest BCUT2D eigenvalue weighted by molar-refractivity contribution is 5.95. The number of carbonyl (C=O) groups excluding carboxylic acids is 1. The van der Waals surface area contributed by atoms with Crippen LogP contribution in [0.2, 0.25) is 0 Å². The van der Waals surface area contributed by atoms with Crippen LogP contribution in [0.1, 0.15) is 27.6 Å². The number of anilines is 2. The van der Waals surface area contributed by atoms with Gasteiger partial charge >= 0.3 is 5.97 Å². The van der Waals surface area contributed by atoms with E-state index < -0.39 is 5.97 Å². The van der Waals surface area contributed by atoms with Crippen molar-refractivity contribution in [3.05, 3.63) is 53.7 Å². The summed E-state index contributed by atoms with van der Waals surface area (Å²) in [5, 5.41) is 12.0.